The molecule has 106 valence electrons. The van der Waals surface area contributed by atoms with Crippen molar-refractivity contribution in [1.82, 2.24) is 5.32 Å². The van der Waals surface area contributed by atoms with E-state index in [-0.39, 0.29) is 18.4 Å². The molecular formula is C14H28N2O2. The molecule has 4 N–H and O–H groups in total. The summed E-state index contributed by atoms with van der Waals surface area (Å²) in [7, 11) is 0. The number of nitrogens with two attached hydrogens (primary N) is 1. The SMILES string of the molecule is CC(CCCN)C(=O)NCC1CCCCC1CO. The zero-order valence-electron chi connectivity index (χ0n) is 11.5. The number of hydrogen-bond donors (Lipinski definition) is 3. The highest BCUT2D eigenvalue weighted by Crippen LogP contribution is 2.29. The van der Waals surface area contributed by atoms with Gasteiger partial charge in [-0.3, -0.25) is 4.79 Å². The van der Waals surface area contributed by atoms with E-state index >= 15 is 0 Å². The molecule has 1 saturated carbocycles. The fourth-order valence-electron chi connectivity index (χ4n) is 2.75. The molecule has 1 fully saturated rings. The summed E-state index contributed by atoms with van der Waals surface area (Å²) in [6.45, 7) is 3.57. The minimum absolute atomic E-state index is 0.0460. The maximum atomic E-state index is 11.9. The van der Waals surface area contributed by atoms with Crippen molar-refractivity contribution in [3.8, 4) is 0 Å². The van der Waals surface area contributed by atoms with Crippen LogP contribution in [0.3, 0.4) is 0 Å². The number of hydrogen-bond acceptors (Lipinski definition) is 3. The van der Waals surface area contributed by atoms with E-state index in [0.29, 0.717) is 18.4 Å². The van der Waals surface area contributed by atoms with Crippen molar-refractivity contribution in [2.75, 3.05) is 19.7 Å². The molecule has 0 radical (unpaired) electrons. The summed E-state index contributed by atoms with van der Waals surface area (Å²) in [6.07, 6.45) is 6.42. The van der Waals surface area contributed by atoms with E-state index < -0.39 is 0 Å². The molecule has 0 aromatic rings. The first-order valence-electron chi connectivity index (χ1n) is 7.27. The van der Waals surface area contributed by atoms with Crippen LogP contribution in [0.25, 0.3) is 0 Å². The number of carbonyl (C=O) groups is 1. The Morgan fingerprint density at radius 2 is 2.06 bits per heavy atom. The average Bonchev–Trinajstić information content (AvgIpc) is 2.42. The summed E-state index contributed by atoms with van der Waals surface area (Å²) in [5, 5.41) is 12.4. The summed E-state index contributed by atoms with van der Waals surface area (Å²) in [5.41, 5.74) is 5.44. The molecule has 0 heterocycles. The fourth-order valence-corrected chi connectivity index (χ4v) is 2.75. The highest BCUT2D eigenvalue weighted by molar-refractivity contribution is 5.78. The Balaban J connectivity index is 2.27. The molecule has 4 heteroatoms. The zero-order valence-corrected chi connectivity index (χ0v) is 11.5. The number of aliphatic hydroxyl groups is 1. The lowest BCUT2D eigenvalue weighted by atomic mass is 9.79. The molecule has 0 spiro atoms. The lowest BCUT2D eigenvalue weighted by Crippen LogP contribution is -2.37. The van der Waals surface area contributed by atoms with Gasteiger partial charge < -0.3 is 16.2 Å². The summed E-state index contributed by atoms with van der Waals surface area (Å²) < 4.78 is 0. The van der Waals surface area contributed by atoms with Gasteiger partial charge in [0.2, 0.25) is 5.91 Å². The Bertz CT molecular complexity index is 246. The molecule has 0 saturated heterocycles. The summed E-state index contributed by atoms with van der Waals surface area (Å²) in [6, 6.07) is 0. The normalized spacial score (nSPS) is 25.7. The minimum atomic E-state index is 0.0460. The minimum Gasteiger partial charge on any atom is -0.396 e. The van der Waals surface area contributed by atoms with Crippen molar-refractivity contribution in [2.45, 2.75) is 45.4 Å². The van der Waals surface area contributed by atoms with Crippen molar-refractivity contribution in [2.24, 2.45) is 23.5 Å². The second kappa shape index (κ2) is 8.48. The molecule has 1 aliphatic carbocycles. The van der Waals surface area contributed by atoms with Crippen LogP contribution in [0.4, 0.5) is 0 Å². The van der Waals surface area contributed by atoms with Gasteiger partial charge in [-0.15, -0.1) is 0 Å². The maximum Gasteiger partial charge on any atom is 0.222 e. The van der Waals surface area contributed by atoms with Gasteiger partial charge in [0.25, 0.3) is 0 Å². The number of aliphatic hydroxyl groups excluding tert-OH is 1. The number of amides is 1. The van der Waals surface area contributed by atoms with Crippen LogP contribution in [0.5, 0.6) is 0 Å². The summed E-state index contributed by atoms with van der Waals surface area (Å²) in [4.78, 5) is 11.9. The number of nitrogens with one attached hydrogen (secondary N) is 1. The van der Waals surface area contributed by atoms with Gasteiger partial charge in [-0.2, -0.15) is 0 Å². The van der Waals surface area contributed by atoms with Crippen molar-refractivity contribution < 1.29 is 9.90 Å². The zero-order chi connectivity index (χ0) is 13.4. The van der Waals surface area contributed by atoms with Gasteiger partial charge in [-0.25, -0.2) is 0 Å². The summed E-state index contributed by atoms with van der Waals surface area (Å²) in [5.74, 6) is 1.00. The molecule has 0 aromatic carbocycles. The largest absolute Gasteiger partial charge is 0.396 e. The van der Waals surface area contributed by atoms with Crippen LogP contribution in [0.1, 0.15) is 45.4 Å². The maximum absolute atomic E-state index is 11.9. The first-order valence-corrected chi connectivity index (χ1v) is 7.27. The predicted molar refractivity (Wildman–Crippen MR) is 73.0 cm³/mol. The first-order chi connectivity index (χ1) is 8.69. The highest BCUT2D eigenvalue weighted by Gasteiger charge is 2.25. The van der Waals surface area contributed by atoms with E-state index in [2.05, 4.69) is 5.32 Å². The topological polar surface area (TPSA) is 75.4 Å². The lowest BCUT2D eigenvalue weighted by molar-refractivity contribution is -0.125. The van der Waals surface area contributed by atoms with Crippen molar-refractivity contribution in [1.29, 1.82) is 0 Å². The third kappa shape index (κ3) is 4.94. The van der Waals surface area contributed by atoms with Crippen LogP contribution < -0.4 is 11.1 Å². The van der Waals surface area contributed by atoms with E-state index in [1.54, 1.807) is 0 Å². The van der Waals surface area contributed by atoms with E-state index in [4.69, 9.17) is 5.73 Å². The monoisotopic (exact) mass is 256 g/mol. The van der Waals surface area contributed by atoms with Crippen LogP contribution >= 0.6 is 0 Å². The first kappa shape index (κ1) is 15.4. The molecule has 18 heavy (non-hydrogen) atoms. The molecule has 0 aliphatic heterocycles. The van der Waals surface area contributed by atoms with Gasteiger partial charge in [-0.1, -0.05) is 19.8 Å². The molecule has 4 nitrogen and oxygen atoms in total. The smallest absolute Gasteiger partial charge is 0.222 e. The average molecular weight is 256 g/mol. The van der Waals surface area contributed by atoms with Crippen molar-refractivity contribution in [3.63, 3.8) is 0 Å². The quantitative estimate of drug-likeness (QED) is 0.642. The van der Waals surface area contributed by atoms with E-state index in [1.807, 2.05) is 6.92 Å². The van der Waals surface area contributed by atoms with Crippen LogP contribution in [0, 0.1) is 17.8 Å². The van der Waals surface area contributed by atoms with Crippen LogP contribution in [0.2, 0.25) is 0 Å². The van der Waals surface area contributed by atoms with E-state index in [1.165, 1.54) is 12.8 Å². The Morgan fingerprint density at radius 1 is 1.39 bits per heavy atom. The Kier molecular flexibility index (Phi) is 7.28. The van der Waals surface area contributed by atoms with E-state index in [0.717, 1.165) is 32.2 Å². The Morgan fingerprint density at radius 3 is 2.67 bits per heavy atom. The van der Waals surface area contributed by atoms with Gasteiger partial charge in [0.15, 0.2) is 0 Å². The second-order valence-corrected chi connectivity index (χ2v) is 5.56. The lowest BCUT2D eigenvalue weighted by Gasteiger charge is -2.30. The molecule has 3 unspecified atom stereocenters. The fraction of sp³-hybridized carbons (Fsp3) is 0.929. The molecular weight excluding hydrogens is 228 g/mol. The number of rotatable bonds is 7. The number of carbonyl (C=O) groups excluding carboxylic acids is 1. The molecule has 1 amide bonds. The molecule has 1 rings (SSSR count). The predicted octanol–water partition coefficient (Wildman–Crippen LogP) is 1.28. The third-order valence-electron chi connectivity index (χ3n) is 4.13. The van der Waals surface area contributed by atoms with Gasteiger partial charge in [0, 0.05) is 19.1 Å². The van der Waals surface area contributed by atoms with Gasteiger partial charge in [0.05, 0.1) is 0 Å². The van der Waals surface area contributed by atoms with Crippen LogP contribution in [0.15, 0.2) is 0 Å². The van der Waals surface area contributed by atoms with Gasteiger partial charge >= 0.3 is 0 Å². The van der Waals surface area contributed by atoms with Crippen molar-refractivity contribution in [3.05, 3.63) is 0 Å². The third-order valence-corrected chi connectivity index (χ3v) is 4.13. The van der Waals surface area contributed by atoms with Gasteiger partial charge in [-0.05, 0) is 44.1 Å². The van der Waals surface area contributed by atoms with Crippen molar-refractivity contribution >= 4 is 5.91 Å². The molecule has 0 aromatic heterocycles. The van der Waals surface area contributed by atoms with Crippen LogP contribution in [-0.4, -0.2) is 30.7 Å². The van der Waals surface area contributed by atoms with E-state index in [9.17, 15) is 9.90 Å². The van der Waals surface area contributed by atoms with Crippen LogP contribution in [-0.2, 0) is 4.79 Å². The Hall–Kier alpha value is -0.610. The molecule has 3 atom stereocenters. The van der Waals surface area contributed by atoms with Gasteiger partial charge in [0.1, 0.15) is 0 Å². The molecule has 1 aliphatic rings. The second-order valence-electron chi connectivity index (χ2n) is 5.56. The Labute approximate surface area is 110 Å². The molecule has 0 bridgehead atoms. The summed E-state index contributed by atoms with van der Waals surface area (Å²) >= 11 is 0. The standard InChI is InChI=1S/C14H28N2O2/c1-11(5-4-8-15)14(18)16-9-12-6-2-3-7-13(12)10-17/h11-13,17H,2-10,15H2,1H3,(H,16,18). The highest BCUT2D eigenvalue weighted by atomic mass is 16.3.